The fourth-order valence-corrected chi connectivity index (χ4v) is 10.7. The Bertz CT molecular complexity index is 2400. The number of para-hydroxylation sites is 2. The zero-order valence-corrected chi connectivity index (χ0v) is 31.1. The van der Waals surface area contributed by atoms with Gasteiger partial charge >= 0.3 is 0 Å². The molecule has 7 rings (SSSR count). The second-order valence-corrected chi connectivity index (χ2v) is 17.1. The van der Waals surface area contributed by atoms with Gasteiger partial charge in [0.15, 0.2) is 0 Å². The minimum atomic E-state index is -3.98. The maximum Gasteiger partial charge on any atom is 0.264 e. The summed E-state index contributed by atoms with van der Waals surface area (Å²) in [6, 6.07) is 35.7. The summed E-state index contributed by atoms with van der Waals surface area (Å²) in [6.07, 6.45) is 1.19. The summed E-state index contributed by atoms with van der Waals surface area (Å²) in [5.74, 6) is -0.889. The van der Waals surface area contributed by atoms with Crippen molar-refractivity contribution >= 4 is 43.2 Å². The van der Waals surface area contributed by atoms with Crippen LogP contribution in [0.3, 0.4) is 0 Å². The molecular weight excluding hydrogens is 709 g/mol. The first kappa shape index (κ1) is 35.9. The Morgan fingerprint density at radius 2 is 1.13 bits per heavy atom. The van der Waals surface area contributed by atoms with E-state index in [0.717, 1.165) is 16.7 Å². The highest BCUT2D eigenvalue weighted by atomic mass is 32.2. The molecule has 0 saturated heterocycles. The number of anilines is 2. The second kappa shape index (κ2) is 14.5. The average Bonchev–Trinajstić information content (AvgIpc) is 3.70. The lowest BCUT2D eigenvalue weighted by Gasteiger charge is -2.26. The minimum Gasteiger partial charge on any atom is -0.350 e. The number of nitrogens with zero attached hydrogens (tertiary/aromatic N) is 3. The van der Waals surface area contributed by atoms with E-state index in [-0.39, 0.29) is 52.6 Å². The second-order valence-electron chi connectivity index (χ2n) is 13.5. The number of rotatable bonds is 11. The molecule has 2 unspecified atom stereocenters. The molecule has 12 heteroatoms. The largest absolute Gasteiger partial charge is 0.350 e. The van der Waals surface area contributed by atoms with Crippen molar-refractivity contribution in [1.82, 2.24) is 10.2 Å². The van der Waals surface area contributed by atoms with Crippen molar-refractivity contribution in [2.24, 2.45) is 0 Å². The molecule has 0 aromatic heterocycles. The Labute approximate surface area is 310 Å². The normalized spacial score (nSPS) is 16.6. The van der Waals surface area contributed by atoms with Crippen LogP contribution in [0.5, 0.6) is 0 Å². The third-order valence-electron chi connectivity index (χ3n) is 9.75. The molecule has 272 valence electrons. The zero-order chi connectivity index (χ0) is 37.3. The van der Waals surface area contributed by atoms with E-state index in [2.05, 4.69) is 5.32 Å². The smallest absolute Gasteiger partial charge is 0.264 e. The molecule has 2 atom stereocenters. The number of benzene rings is 5. The molecule has 10 nitrogen and oxygen atoms in total. The molecule has 2 aliphatic rings. The van der Waals surface area contributed by atoms with Crippen molar-refractivity contribution in [1.29, 1.82) is 0 Å². The van der Waals surface area contributed by atoms with Crippen LogP contribution in [0.2, 0.25) is 0 Å². The molecule has 0 bridgehead atoms. The first-order valence-corrected chi connectivity index (χ1v) is 20.4. The van der Waals surface area contributed by atoms with Gasteiger partial charge in [0.25, 0.3) is 31.9 Å². The van der Waals surface area contributed by atoms with Crippen molar-refractivity contribution in [2.45, 2.75) is 55.1 Å². The molecule has 1 N–H and O–H groups in total. The highest BCUT2D eigenvalue weighted by Gasteiger charge is 2.37. The number of fused-ring (bicyclic) bond motifs is 2. The quantitative estimate of drug-likeness (QED) is 0.176. The summed E-state index contributed by atoms with van der Waals surface area (Å²) >= 11 is 0. The first-order valence-electron chi connectivity index (χ1n) is 17.5. The van der Waals surface area contributed by atoms with E-state index in [0.29, 0.717) is 24.2 Å². The number of hydrogen-bond donors (Lipinski definition) is 1. The van der Waals surface area contributed by atoms with Gasteiger partial charge in [0.1, 0.15) is 0 Å². The third kappa shape index (κ3) is 7.04. The van der Waals surface area contributed by atoms with Crippen LogP contribution in [0.15, 0.2) is 137 Å². The van der Waals surface area contributed by atoms with Gasteiger partial charge in [-0.15, -0.1) is 0 Å². The van der Waals surface area contributed by atoms with Gasteiger partial charge in [-0.3, -0.25) is 18.2 Å². The molecule has 2 aliphatic heterocycles. The van der Waals surface area contributed by atoms with E-state index in [1.54, 1.807) is 41.3 Å². The molecule has 0 fully saturated rings. The molecule has 53 heavy (non-hydrogen) atoms. The van der Waals surface area contributed by atoms with Crippen LogP contribution in [0.1, 0.15) is 51.3 Å². The van der Waals surface area contributed by atoms with E-state index in [1.807, 2.05) is 80.6 Å². The minimum absolute atomic E-state index is 0.0104. The Kier molecular flexibility index (Phi) is 9.84. The Morgan fingerprint density at radius 1 is 0.642 bits per heavy atom. The van der Waals surface area contributed by atoms with Gasteiger partial charge in [-0.25, -0.2) is 16.8 Å². The topological polar surface area (TPSA) is 124 Å². The van der Waals surface area contributed by atoms with Crippen molar-refractivity contribution in [3.63, 3.8) is 0 Å². The fraction of sp³-hybridized carbons (Fsp3) is 0.220. The summed E-state index contributed by atoms with van der Waals surface area (Å²) in [5, 5.41) is 2.84. The maximum atomic E-state index is 14.1. The predicted molar refractivity (Wildman–Crippen MR) is 205 cm³/mol. The van der Waals surface area contributed by atoms with Crippen molar-refractivity contribution in [3.8, 4) is 0 Å². The van der Waals surface area contributed by atoms with E-state index in [9.17, 15) is 26.4 Å². The number of amides is 2. The van der Waals surface area contributed by atoms with Crippen LogP contribution in [-0.2, 0) is 39.4 Å². The SMILES string of the molecule is CC1Cc2ccccc2N1S(=O)(=O)c1cccc(C(=O)NCCN(Cc2ccccc2)C(=O)c2cccc(S(=O)(=O)N3c4ccccc4CC3C)c2)c1. The number of carbonyl (C=O) groups excluding carboxylic acids is 2. The fourth-order valence-electron chi connectivity index (χ4n) is 7.27. The Morgan fingerprint density at radius 3 is 1.70 bits per heavy atom. The van der Waals surface area contributed by atoms with E-state index in [1.165, 1.54) is 32.9 Å². The number of nitrogens with one attached hydrogen (secondary N) is 1. The van der Waals surface area contributed by atoms with Gasteiger partial charge in [0, 0.05) is 42.8 Å². The highest BCUT2D eigenvalue weighted by Crippen LogP contribution is 2.38. The maximum absolute atomic E-state index is 14.1. The molecule has 2 amide bonds. The lowest BCUT2D eigenvalue weighted by molar-refractivity contribution is 0.0736. The molecule has 5 aromatic rings. The van der Waals surface area contributed by atoms with Gasteiger partial charge in [-0.05, 0) is 91.9 Å². The average molecular weight is 749 g/mol. The van der Waals surface area contributed by atoms with Gasteiger partial charge in [-0.1, -0.05) is 78.9 Å². The summed E-state index contributed by atoms with van der Waals surface area (Å²) in [6.45, 7) is 4.11. The molecule has 2 heterocycles. The predicted octanol–water partition coefficient (Wildman–Crippen LogP) is 6.04. The lowest BCUT2D eigenvalue weighted by atomic mass is 10.1. The van der Waals surface area contributed by atoms with Crippen LogP contribution in [-0.4, -0.2) is 58.7 Å². The molecule has 0 radical (unpaired) electrons. The van der Waals surface area contributed by atoms with Gasteiger partial charge in [-0.2, -0.15) is 0 Å². The summed E-state index contributed by atoms with van der Waals surface area (Å²) in [4.78, 5) is 29.1. The van der Waals surface area contributed by atoms with Gasteiger partial charge in [0.2, 0.25) is 0 Å². The van der Waals surface area contributed by atoms with Crippen molar-refractivity contribution in [3.05, 3.63) is 155 Å². The summed E-state index contributed by atoms with van der Waals surface area (Å²) < 4.78 is 58.4. The van der Waals surface area contributed by atoms with Crippen molar-refractivity contribution in [2.75, 3.05) is 21.7 Å². The molecular formula is C41H40N4O6S2. The summed E-state index contributed by atoms with van der Waals surface area (Å²) in [7, 11) is -7.93. The van der Waals surface area contributed by atoms with Crippen LogP contribution in [0, 0.1) is 0 Å². The number of sulfonamides is 2. The van der Waals surface area contributed by atoms with Gasteiger partial charge in [0.05, 0.1) is 21.2 Å². The van der Waals surface area contributed by atoms with E-state index in [4.69, 9.17) is 0 Å². The summed E-state index contributed by atoms with van der Waals surface area (Å²) in [5.41, 5.74) is 4.40. The molecule has 0 aliphatic carbocycles. The lowest BCUT2D eigenvalue weighted by Crippen LogP contribution is -2.39. The van der Waals surface area contributed by atoms with E-state index >= 15 is 0 Å². The van der Waals surface area contributed by atoms with Crippen LogP contribution >= 0.6 is 0 Å². The van der Waals surface area contributed by atoms with Crippen molar-refractivity contribution < 1.29 is 26.4 Å². The Hall–Kier alpha value is -5.46. The monoisotopic (exact) mass is 748 g/mol. The van der Waals surface area contributed by atoms with Crippen LogP contribution < -0.4 is 13.9 Å². The van der Waals surface area contributed by atoms with E-state index < -0.39 is 31.9 Å². The highest BCUT2D eigenvalue weighted by molar-refractivity contribution is 7.93. The molecule has 0 spiro atoms. The first-order chi connectivity index (χ1) is 25.4. The van der Waals surface area contributed by atoms with Crippen LogP contribution in [0.25, 0.3) is 0 Å². The standard InChI is InChI=1S/C41H40N4O6S2/c1-29-24-32-14-6-8-20-38(32)44(29)52(48,49)36-18-10-16-34(26-36)40(46)42-22-23-43(28-31-12-4-3-5-13-31)41(47)35-17-11-19-37(27-35)53(50,51)45-30(2)25-33-15-7-9-21-39(33)45/h3-21,26-27,29-30H,22-25,28H2,1-2H3,(H,42,46). The molecule has 0 saturated carbocycles. The van der Waals surface area contributed by atoms with Gasteiger partial charge < -0.3 is 10.2 Å². The number of hydrogen-bond acceptors (Lipinski definition) is 6. The Balaban J connectivity index is 1.08. The van der Waals surface area contributed by atoms with Crippen LogP contribution in [0.4, 0.5) is 11.4 Å². The zero-order valence-electron chi connectivity index (χ0n) is 29.4. The molecule has 5 aromatic carbocycles. The third-order valence-corrected chi connectivity index (χ3v) is 13.6. The number of carbonyl (C=O) groups is 2.